The number of rotatable bonds is 4. The first-order valence-corrected chi connectivity index (χ1v) is 5.24. The molecule has 0 atom stereocenters. The molecule has 0 amide bonds. The Bertz CT molecular complexity index is 497. The Morgan fingerprint density at radius 3 is 2.53 bits per heavy atom. The molecule has 0 aromatic heterocycles. The minimum Gasteiger partial charge on any atom is -0.273 e. The summed E-state index contributed by atoms with van der Waals surface area (Å²) in [7, 11) is 0. The maximum absolute atomic E-state index is 8.69. The fraction of sp³-hybridized carbons (Fsp3) is 0.0667. The number of hydrogen-bond donors (Lipinski definition) is 0. The van der Waals surface area contributed by atoms with Crippen LogP contribution in [-0.2, 0) is 0 Å². The smallest absolute Gasteiger partial charge is 0.0991 e. The quantitative estimate of drug-likeness (QED) is 0.564. The highest BCUT2D eigenvalue weighted by molar-refractivity contribution is 5.65. The van der Waals surface area contributed by atoms with Crippen LogP contribution in [0.15, 0.2) is 59.8 Å². The minimum atomic E-state index is 0.678. The van der Waals surface area contributed by atoms with Crippen molar-refractivity contribution in [1.29, 1.82) is 5.26 Å². The van der Waals surface area contributed by atoms with Gasteiger partial charge in [-0.15, -0.1) is 0 Å². The van der Waals surface area contributed by atoms with Gasteiger partial charge in [-0.1, -0.05) is 30.4 Å². The molecular weight excluding hydrogens is 208 g/mol. The van der Waals surface area contributed by atoms with Crippen LogP contribution in [0, 0.1) is 11.3 Å². The average Bonchev–Trinajstić information content (AvgIpc) is 2.38. The van der Waals surface area contributed by atoms with Gasteiger partial charge in [0, 0.05) is 6.20 Å². The molecule has 84 valence electrons. The van der Waals surface area contributed by atoms with Crippen LogP contribution in [0.5, 0.6) is 0 Å². The second kappa shape index (κ2) is 6.97. The van der Waals surface area contributed by atoms with E-state index < -0.39 is 0 Å². The van der Waals surface area contributed by atoms with Crippen LogP contribution in [0.3, 0.4) is 0 Å². The summed E-state index contributed by atoms with van der Waals surface area (Å²) in [4.78, 5) is 3.60. The number of nitrogens with zero attached hydrogens (tertiary/aromatic N) is 2. The summed E-state index contributed by atoms with van der Waals surface area (Å²) in [6, 6.07) is 9.62. The van der Waals surface area contributed by atoms with E-state index in [2.05, 4.69) is 17.8 Å². The predicted octanol–water partition coefficient (Wildman–Crippen LogP) is 3.73. The van der Waals surface area contributed by atoms with E-state index in [0.29, 0.717) is 5.56 Å². The third kappa shape index (κ3) is 4.31. The molecule has 1 aromatic carbocycles. The van der Waals surface area contributed by atoms with Gasteiger partial charge in [-0.3, -0.25) is 4.99 Å². The van der Waals surface area contributed by atoms with Gasteiger partial charge in [-0.2, -0.15) is 5.26 Å². The van der Waals surface area contributed by atoms with E-state index in [9.17, 15) is 0 Å². The molecule has 17 heavy (non-hydrogen) atoms. The van der Waals surface area contributed by atoms with Crippen LogP contribution < -0.4 is 0 Å². The van der Waals surface area contributed by atoms with E-state index in [1.165, 1.54) is 0 Å². The Morgan fingerprint density at radius 1 is 1.24 bits per heavy atom. The predicted molar refractivity (Wildman–Crippen MR) is 72.6 cm³/mol. The van der Waals surface area contributed by atoms with Crippen molar-refractivity contribution in [3.63, 3.8) is 0 Å². The number of benzene rings is 1. The third-order valence-electron chi connectivity index (χ3n) is 2.23. The van der Waals surface area contributed by atoms with Crippen molar-refractivity contribution in [3.8, 4) is 6.07 Å². The Kier molecular flexibility index (Phi) is 5.19. The molecule has 0 N–H and O–H groups in total. The lowest BCUT2D eigenvalue weighted by molar-refractivity contribution is 1.47. The van der Waals surface area contributed by atoms with Crippen LogP contribution in [0.4, 0.5) is 0 Å². The summed E-state index contributed by atoms with van der Waals surface area (Å²) >= 11 is 0. The first kappa shape index (κ1) is 12.7. The largest absolute Gasteiger partial charge is 0.273 e. The van der Waals surface area contributed by atoms with E-state index in [-0.39, 0.29) is 0 Å². The van der Waals surface area contributed by atoms with Crippen LogP contribution in [0.25, 0.3) is 5.57 Å². The Hall–Kier alpha value is -2.40. The van der Waals surface area contributed by atoms with Crippen molar-refractivity contribution in [2.24, 2.45) is 4.99 Å². The molecule has 0 aliphatic rings. The van der Waals surface area contributed by atoms with Gasteiger partial charge in [0.1, 0.15) is 0 Å². The SMILES string of the molecule is C=N/C=C/C=C\C=C(/C)c1ccc(C#N)cc1. The lowest BCUT2D eigenvalue weighted by Gasteiger charge is -1.99. The highest BCUT2D eigenvalue weighted by atomic mass is 14.6. The molecule has 0 radical (unpaired) electrons. The van der Waals surface area contributed by atoms with Gasteiger partial charge in [-0.25, -0.2) is 0 Å². The van der Waals surface area contributed by atoms with Gasteiger partial charge in [0.25, 0.3) is 0 Å². The maximum atomic E-state index is 8.69. The molecule has 0 spiro atoms. The zero-order chi connectivity index (χ0) is 12.5. The van der Waals surface area contributed by atoms with Gasteiger partial charge < -0.3 is 0 Å². The summed E-state index contributed by atoms with van der Waals surface area (Å²) in [5.74, 6) is 0. The monoisotopic (exact) mass is 222 g/mol. The van der Waals surface area contributed by atoms with Crippen LogP contribution >= 0.6 is 0 Å². The van der Waals surface area contributed by atoms with Crippen molar-refractivity contribution in [3.05, 3.63) is 65.9 Å². The molecule has 1 rings (SSSR count). The third-order valence-corrected chi connectivity index (χ3v) is 2.23. The molecule has 2 heteroatoms. The molecule has 0 unspecified atom stereocenters. The number of allylic oxidation sites excluding steroid dienone is 5. The fourth-order valence-corrected chi connectivity index (χ4v) is 1.28. The van der Waals surface area contributed by atoms with Crippen molar-refractivity contribution >= 4 is 12.3 Å². The van der Waals surface area contributed by atoms with Crippen molar-refractivity contribution in [1.82, 2.24) is 0 Å². The standard InChI is InChI=1S/C15H14N2/c1-13(6-4-3-5-11-17-2)15-9-7-14(12-16)8-10-15/h3-11H,2H2,1H3/b4-3-,11-5+,13-6+. The van der Waals surface area contributed by atoms with Crippen LogP contribution in [0.2, 0.25) is 0 Å². The summed E-state index contributed by atoms with van der Waals surface area (Å²) < 4.78 is 0. The van der Waals surface area contributed by atoms with Gasteiger partial charge in [0.05, 0.1) is 11.6 Å². The Balaban J connectivity index is 2.74. The minimum absolute atomic E-state index is 0.678. The highest BCUT2D eigenvalue weighted by Gasteiger charge is 1.94. The van der Waals surface area contributed by atoms with E-state index in [4.69, 9.17) is 5.26 Å². The first-order valence-electron chi connectivity index (χ1n) is 5.24. The average molecular weight is 222 g/mol. The van der Waals surface area contributed by atoms with Gasteiger partial charge in [0.2, 0.25) is 0 Å². The first-order chi connectivity index (χ1) is 8.27. The number of hydrogen-bond acceptors (Lipinski definition) is 2. The zero-order valence-electron chi connectivity index (χ0n) is 9.80. The van der Waals surface area contributed by atoms with Gasteiger partial charge in [-0.05, 0) is 43.0 Å². The zero-order valence-corrected chi connectivity index (χ0v) is 9.80. The molecular formula is C15H14N2. The van der Waals surface area contributed by atoms with Crippen LogP contribution in [0.1, 0.15) is 18.1 Å². The van der Waals surface area contributed by atoms with Gasteiger partial charge in [0.15, 0.2) is 0 Å². The maximum Gasteiger partial charge on any atom is 0.0991 e. The molecule has 0 saturated carbocycles. The summed E-state index contributed by atoms with van der Waals surface area (Å²) in [5, 5.41) is 8.69. The molecule has 0 bridgehead atoms. The summed E-state index contributed by atoms with van der Waals surface area (Å²) in [6.07, 6.45) is 9.28. The molecule has 0 saturated heterocycles. The second-order valence-electron chi connectivity index (χ2n) is 3.45. The van der Waals surface area contributed by atoms with E-state index in [1.807, 2.05) is 55.5 Å². The number of aliphatic imine (C=N–C) groups is 1. The molecule has 2 nitrogen and oxygen atoms in total. The van der Waals surface area contributed by atoms with Crippen molar-refractivity contribution < 1.29 is 0 Å². The molecule has 0 aliphatic carbocycles. The Labute approximate surface area is 102 Å². The lowest BCUT2D eigenvalue weighted by Crippen LogP contribution is -1.79. The van der Waals surface area contributed by atoms with Gasteiger partial charge >= 0.3 is 0 Å². The molecule has 0 fully saturated rings. The summed E-state index contributed by atoms with van der Waals surface area (Å²) in [6.45, 7) is 5.37. The lowest BCUT2D eigenvalue weighted by atomic mass is 10.1. The van der Waals surface area contributed by atoms with E-state index in [0.717, 1.165) is 11.1 Å². The summed E-state index contributed by atoms with van der Waals surface area (Å²) in [5.41, 5.74) is 2.93. The van der Waals surface area contributed by atoms with E-state index >= 15 is 0 Å². The fourth-order valence-electron chi connectivity index (χ4n) is 1.28. The molecule has 0 heterocycles. The normalized spacial score (nSPS) is 11.9. The topological polar surface area (TPSA) is 36.1 Å². The number of nitriles is 1. The van der Waals surface area contributed by atoms with Crippen LogP contribution in [-0.4, -0.2) is 6.72 Å². The Morgan fingerprint density at radius 2 is 1.94 bits per heavy atom. The highest BCUT2D eigenvalue weighted by Crippen LogP contribution is 2.14. The molecule has 0 aliphatic heterocycles. The van der Waals surface area contributed by atoms with Crippen molar-refractivity contribution in [2.75, 3.05) is 0 Å². The second-order valence-corrected chi connectivity index (χ2v) is 3.45. The van der Waals surface area contributed by atoms with E-state index in [1.54, 1.807) is 6.20 Å². The molecule has 1 aromatic rings. The van der Waals surface area contributed by atoms with Crippen molar-refractivity contribution in [2.45, 2.75) is 6.92 Å².